The summed E-state index contributed by atoms with van der Waals surface area (Å²) < 4.78 is 46.5. The summed E-state index contributed by atoms with van der Waals surface area (Å²) in [5, 5.41) is 0. The molecule has 0 aliphatic rings. The second-order valence-corrected chi connectivity index (χ2v) is 13.3. The van der Waals surface area contributed by atoms with Crippen molar-refractivity contribution in [3.8, 4) is 0 Å². The van der Waals surface area contributed by atoms with Crippen LogP contribution >= 0.6 is 0 Å². The molecule has 0 bridgehead atoms. The number of carbonyl (C=O) groups excluding carboxylic acids is 1. The molecule has 8 nitrogen and oxygen atoms in total. The maximum absolute atomic E-state index is 10.6. The number of unbranched alkanes of at least 4 members (excludes halogenated alkanes) is 1. The van der Waals surface area contributed by atoms with E-state index in [0.29, 0.717) is 31.8 Å². The summed E-state index contributed by atoms with van der Waals surface area (Å²) in [6.45, 7) is 31.2. The van der Waals surface area contributed by atoms with Crippen molar-refractivity contribution in [2.75, 3.05) is 45.0 Å². The first-order valence-electron chi connectivity index (χ1n) is 15.2. The molecule has 0 aromatic rings. The molecule has 0 saturated heterocycles. The predicted octanol–water partition coefficient (Wildman–Crippen LogP) is 8.15. The van der Waals surface area contributed by atoms with Gasteiger partial charge in [0.1, 0.15) is 16.4 Å². The maximum atomic E-state index is 10.6. The molecule has 0 aromatic carbocycles. The monoisotopic (exact) mass is 619 g/mol. The van der Waals surface area contributed by atoms with E-state index in [-0.39, 0.29) is 38.0 Å². The molecule has 0 N–H and O–H groups in total. The van der Waals surface area contributed by atoms with Gasteiger partial charge < -0.3 is 23.7 Å². The van der Waals surface area contributed by atoms with Crippen LogP contribution in [0.3, 0.4) is 0 Å². The van der Waals surface area contributed by atoms with Gasteiger partial charge in [0.2, 0.25) is 0 Å². The highest BCUT2D eigenvalue weighted by Gasteiger charge is 2.02. The van der Waals surface area contributed by atoms with Gasteiger partial charge in [-0.1, -0.05) is 48.5 Å². The highest BCUT2D eigenvalue weighted by atomic mass is 32.2. The first kappa shape index (κ1) is 52.9. The standard InChI is InChI=1S/C7H16O3S.C7H14O3.C7H16O.C6H14O.C4H10.CH4/c1-7(2)10-5-4-6-11(3,8)9;1-4-9-7(8)5-10-6(2)3;1-4-5-6-8-7(2)3;1-4-5-7-6(2)3;1-4(2)3;/h7H,4-6H2,1-3H3;6H,4-5H2,1-3H3;7H,4-6H2,1-3H3;6H,4-5H2,1-3H3;4H,1-3H3;1H4. The Balaban J connectivity index is -0.0000000957. The summed E-state index contributed by atoms with van der Waals surface area (Å²) in [6.07, 6.45) is 6.46. The van der Waals surface area contributed by atoms with E-state index >= 15 is 0 Å². The zero-order valence-electron chi connectivity index (χ0n) is 29.1. The highest BCUT2D eigenvalue weighted by Crippen LogP contribution is 1.94. The SMILES string of the molecule is C.CC(C)C.CC(C)OCCCS(C)(=O)=O.CCCCOC(C)C.CCCOC(C)C.CCOC(=O)COC(C)C. The van der Waals surface area contributed by atoms with Gasteiger partial charge in [0.05, 0.1) is 36.8 Å². The molecule has 0 aliphatic carbocycles. The van der Waals surface area contributed by atoms with Gasteiger partial charge in [-0.25, -0.2) is 13.2 Å². The van der Waals surface area contributed by atoms with Crippen LogP contribution in [0.4, 0.5) is 0 Å². The molecule has 0 spiro atoms. The number of sulfone groups is 1. The molecule has 0 radical (unpaired) electrons. The number of hydrogen-bond acceptors (Lipinski definition) is 8. The van der Waals surface area contributed by atoms with Crippen LogP contribution < -0.4 is 0 Å². The van der Waals surface area contributed by atoms with Crippen LogP contribution in [-0.2, 0) is 38.3 Å². The Kier molecular flexibility index (Phi) is 50.6. The molecule has 0 aromatic heterocycles. The topological polar surface area (TPSA) is 97.4 Å². The number of carbonyl (C=O) groups is 1. The van der Waals surface area contributed by atoms with Crippen molar-refractivity contribution < 1.29 is 36.9 Å². The predicted molar refractivity (Wildman–Crippen MR) is 178 cm³/mol. The van der Waals surface area contributed by atoms with Crippen molar-refractivity contribution in [1.29, 1.82) is 0 Å². The van der Waals surface area contributed by atoms with Gasteiger partial charge in [-0.05, 0) is 87.5 Å². The number of esters is 1. The van der Waals surface area contributed by atoms with E-state index in [1.54, 1.807) is 6.92 Å². The minimum Gasteiger partial charge on any atom is -0.464 e. The number of ether oxygens (including phenoxy) is 5. The number of rotatable bonds is 16. The largest absolute Gasteiger partial charge is 0.464 e. The minimum atomic E-state index is -2.80. The Morgan fingerprint density at radius 3 is 1.24 bits per heavy atom. The quantitative estimate of drug-likeness (QED) is 0.126. The van der Waals surface area contributed by atoms with E-state index in [4.69, 9.17) is 18.9 Å². The van der Waals surface area contributed by atoms with Gasteiger partial charge in [0, 0.05) is 26.1 Å². The van der Waals surface area contributed by atoms with Gasteiger partial charge in [-0.3, -0.25) is 0 Å². The van der Waals surface area contributed by atoms with Crippen LogP contribution in [0.25, 0.3) is 0 Å². The molecular formula is C32H74O8S. The van der Waals surface area contributed by atoms with Crippen LogP contribution in [0.15, 0.2) is 0 Å². The fraction of sp³-hybridized carbons (Fsp3) is 0.969. The van der Waals surface area contributed by atoms with Crippen LogP contribution in [0.2, 0.25) is 0 Å². The van der Waals surface area contributed by atoms with Crippen LogP contribution in [0.1, 0.15) is 130 Å². The average molecular weight is 619 g/mol. The molecule has 0 saturated carbocycles. The van der Waals surface area contributed by atoms with Crippen LogP contribution in [0.5, 0.6) is 0 Å². The van der Waals surface area contributed by atoms with E-state index in [1.807, 2.05) is 27.7 Å². The Morgan fingerprint density at radius 2 is 0.976 bits per heavy atom. The fourth-order valence-electron chi connectivity index (χ4n) is 1.89. The van der Waals surface area contributed by atoms with Crippen LogP contribution in [-0.4, -0.2) is 83.8 Å². The molecule has 0 unspecified atom stereocenters. The minimum absolute atomic E-state index is 0. The molecule has 256 valence electrons. The third-order valence-electron chi connectivity index (χ3n) is 3.55. The molecule has 0 heterocycles. The van der Waals surface area contributed by atoms with Crippen LogP contribution in [0, 0.1) is 5.92 Å². The first-order chi connectivity index (χ1) is 18.4. The van der Waals surface area contributed by atoms with Gasteiger partial charge in [-0.2, -0.15) is 0 Å². The second-order valence-electron chi connectivity index (χ2n) is 11.0. The van der Waals surface area contributed by atoms with Gasteiger partial charge in [0.15, 0.2) is 0 Å². The summed E-state index contributed by atoms with van der Waals surface area (Å²) >= 11 is 0. The summed E-state index contributed by atoms with van der Waals surface area (Å²) in [6, 6.07) is 0. The Labute approximate surface area is 257 Å². The maximum Gasteiger partial charge on any atom is 0.332 e. The Hall–Kier alpha value is -0.740. The first-order valence-corrected chi connectivity index (χ1v) is 17.2. The molecule has 41 heavy (non-hydrogen) atoms. The van der Waals surface area contributed by atoms with Gasteiger partial charge in [-0.15, -0.1) is 0 Å². The fourth-order valence-corrected chi connectivity index (χ4v) is 2.54. The number of hydrogen-bond donors (Lipinski definition) is 0. The summed E-state index contributed by atoms with van der Waals surface area (Å²) in [7, 11) is -2.80. The van der Waals surface area contributed by atoms with E-state index in [0.717, 1.165) is 25.6 Å². The molecular weight excluding hydrogens is 544 g/mol. The third kappa shape index (κ3) is 92.6. The average Bonchev–Trinajstić information content (AvgIpc) is 2.79. The lowest BCUT2D eigenvalue weighted by molar-refractivity contribution is -0.149. The molecule has 0 atom stereocenters. The van der Waals surface area contributed by atoms with E-state index in [2.05, 4.69) is 67.1 Å². The van der Waals surface area contributed by atoms with E-state index in [9.17, 15) is 13.2 Å². The van der Waals surface area contributed by atoms with Crippen molar-refractivity contribution in [3.05, 3.63) is 0 Å². The summed E-state index contributed by atoms with van der Waals surface area (Å²) in [5.41, 5.74) is 0. The van der Waals surface area contributed by atoms with E-state index < -0.39 is 9.84 Å². The Bertz CT molecular complexity index is 571. The summed E-state index contributed by atoms with van der Waals surface area (Å²) in [5.74, 6) is 0.760. The highest BCUT2D eigenvalue weighted by molar-refractivity contribution is 7.90. The molecule has 0 amide bonds. The second kappa shape index (κ2) is 39.3. The third-order valence-corrected chi connectivity index (χ3v) is 4.59. The lowest BCUT2D eigenvalue weighted by atomic mass is 10.3. The van der Waals surface area contributed by atoms with Crippen molar-refractivity contribution >= 4 is 15.8 Å². The summed E-state index contributed by atoms with van der Waals surface area (Å²) in [4.78, 5) is 10.6. The lowest BCUT2D eigenvalue weighted by Gasteiger charge is -2.05. The molecule has 0 aliphatic heterocycles. The van der Waals surface area contributed by atoms with Crippen molar-refractivity contribution in [2.45, 2.75) is 154 Å². The molecule has 0 fully saturated rings. The molecule has 0 rings (SSSR count). The normalized spacial score (nSPS) is 10.4. The van der Waals surface area contributed by atoms with E-state index in [1.165, 1.54) is 19.1 Å². The van der Waals surface area contributed by atoms with Crippen molar-refractivity contribution in [3.63, 3.8) is 0 Å². The van der Waals surface area contributed by atoms with Gasteiger partial charge >= 0.3 is 5.97 Å². The zero-order chi connectivity index (χ0) is 32.6. The zero-order valence-corrected chi connectivity index (χ0v) is 29.9. The van der Waals surface area contributed by atoms with Crippen molar-refractivity contribution in [1.82, 2.24) is 0 Å². The Morgan fingerprint density at radius 1 is 0.610 bits per heavy atom. The van der Waals surface area contributed by atoms with Crippen molar-refractivity contribution in [2.24, 2.45) is 5.92 Å². The smallest absolute Gasteiger partial charge is 0.332 e. The van der Waals surface area contributed by atoms with Gasteiger partial charge in [0.25, 0.3) is 0 Å². The lowest BCUT2D eigenvalue weighted by Crippen LogP contribution is -2.15. The molecule has 9 heteroatoms.